The van der Waals surface area contributed by atoms with Crippen LogP contribution in [0.5, 0.6) is 23.0 Å². The van der Waals surface area contributed by atoms with Crippen molar-refractivity contribution in [2.75, 3.05) is 58.6 Å². The van der Waals surface area contributed by atoms with Crippen molar-refractivity contribution in [3.63, 3.8) is 0 Å². The zero-order valence-electron chi connectivity index (χ0n) is 15.2. The Morgan fingerprint density at radius 1 is 0.519 bits per heavy atom. The predicted octanol–water partition coefficient (Wildman–Crippen LogP) is 2.53. The Morgan fingerprint density at radius 3 is 1.48 bits per heavy atom. The van der Waals surface area contributed by atoms with Gasteiger partial charge in [0.1, 0.15) is 26.4 Å². The van der Waals surface area contributed by atoms with E-state index in [9.17, 15) is 0 Å². The van der Waals surface area contributed by atoms with Gasteiger partial charge in [0.05, 0.1) is 26.4 Å². The monoisotopic (exact) mass is 375 g/mol. The van der Waals surface area contributed by atoms with Crippen LogP contribution in [0.25, 0.3) is 0 Å². The maximum atomic E-state index is 5.83. The van der Waals surface area contributed by atoms with Crippen molar-refractivity contribution >= 4 is 5.69 Å². The lowest BCUT2D eigenvalue weighted by Gasteiger charge is -2.15. The molecule has 0 aromatic heterocycles. The predicted molar refractivity (Wildman–Crippen MR) is 101 cm³/mol. The molecule has 7 heteroatoms. The molecule has 0 saturated carbocycles. The van der Waals surface area contributed by atoms with E-state index < -0.39 is 0 Å². The van der Waals surface area contributed by atoms with Crippen LogP contribution in [0.15, 0.2) is 42.5 Å². The Bertz CT molecular complexity index is 709. The molecule has 0 amide bonds. The molecule has 1 heterocycles. The van der Waals surface area contributed by atoms with Crippen LogP contribution in [-0.2, 0) is 9.47 Å². The van der Waals surface area contributed by atoms with Crippen molar-refractivity contribution in [3.8, 4) is 23.0 Å². The van der Waals surface area contributed by atoms with Crippen molar-refractivity contribution in [2.24, 2.45) is 0 Å². The molecule has 3 rings (SSSR count). The Labute approximate surface area is 158 Å². The fourth-order valence-corrected chi connectivity index (χ4v) is 2.49. The van der Waals surface area contributed by atoms with E-state index in [0.29, 0.717) is 81.5 Å². The van der Waals surface area contributed by atoms with Crippen LogP contribution in [0.3, 0.4) is 0 Å². The maximum Gasteiger partial charge on any atom is 0.163 e. The molecule has 0 radical (unpaired) electrons. The summed E-state index contributed by atoms with van der Waals surface area (Å²) < 4.78 is 34.1. The number of rotatable bonds is 0. The lowest BCUT2D eigenvalue weighted by Crippen LogP contribution is -2.15. The molecule has 7 nitrogen and oxygen atoms in total. The first-order valence-electron chi connectivity index (χ1n) is 8.98. The van der Waals surface area contributed by atoms with Gasteiger partial charge in [-0.15, -0.1) is 0 Å². The summed E-state index contributed by atoms with van der Waals surface area (Å²) >= 11 is 0. The molecule has 1 aliphatic rings. The van der Waals surface area contributed by atoms with Crippen molar-refractivity contribution in [1.29, 1.82) is 0 Å². The smallest absolute Gasteiger partial charge is 0.163 e. The molecule has 2 N–H and O–H groups in total. The molecule has 0 atom stereocenters. The highest BCUT2D eigenvalue weighted by Gasteiger charge is 2.08. The number of nitrogen functional groups attached to an aromatic ring is 1. The minimum atomic E-state index is 0.385. The molecule has 1 aliphatic heterocycles. The number of anilines is 1. The fourth-order valence-electron chi connectivity index (χ4n) is 2.49. The highest BCUT2D eigenvalue weighted by molar-refractivity contribution is 5.52. The van der Waals surface area contributed by atoms with Gasteiger partial charge < -0.3 is 34.2 Å². The van der Waals surface area contributed by atoms with E-state index in [1.54, 1.807) is 18.2 Å². The summed E-state index contributed by atoms with van der Waals surface area (Å²) in [6.07, 6.45) is 0. The lowest BCUT2D eigenvalue weighted by molar-refractivity contribution is 0.0640. The van der Waals surface area contributed by atoms with E-state index in [1.165, 1.54) is 0 Å². The molecule has 0 bridgehead atoms. The van der Waals surface area contributed by atoms with Gasteiger partial charge in [-0.05, 0) is 24.3 Å². The quantitative estimate of drug-likeness (QED) is 0.709. The SMILES string of the molecule is Nc1ccc2c(c1)OCCOCCOc1ccccc1OCCOCCO2. The molecular formula is C20H25NO6. The molecule has 0 aliphatic carbocycles. The maximum absolute atomic E-state index is 5.83. The summed E-state index contributed by atoms with van der Waals surface area (Å²) in [5.74, 6) is 2.59. The number of hydrogen-bond donors (Lipinski definition) is 1. The summed E-state index contributed by atoms with van der Waals surface area (Å²) in [6, 6.07) is 12.8. The normalized spacial score (nSPS) is 16.7. The topological polar surface area (TPSA) is 81.4 Å². The second kappa shape index (κ2) is 10.5. The Morgan fingerprint density at radius 2 is 0.963 bits per heavy atom. The molecule has 2 aromatic carbocycles. The van der Waals surface area contributed by atoms with E-state index in [1.807, 2.05) is 24.3 Å². The molecular weight excluding hydrogens is 350 g/mol. The van der Waals surface area contributed by atoms with Gasteiger partial charge in [0.25, 0.3) is 0 Å². The second-order valence-electron chi connectivity index (χ2n) is 5.77. The van der Waals surface area contributed by atoms with Crippen molar-refractivity contribution in [2.45, 2.75) is 0 Å². The van der Waals surface area contributed by atoms with Crippen molar-refractivity contribution in [3.05, 3.63) is 42.5 Å². The third-order valence-corrected chi connectivity index (χ3v) is 3.76. The van der Waals surface area contributed by atoms with E-state index in [-0.39, 0.29) is 0 Å². The van der Waals surface area contributed by atoms with Gasteiger partial charge in [-0.25, -0.2) is 0 Å². The molecule has 0 spiro atoms. The molecule has 27 heavy (non-hydrogen) atoms. The van der Waals surface area contributed by atoms with Crippen molar-refractivity contribution < 1.29 is 28.4 Å². The number of benzene rings is 2. The molecule has 0 saturated heterocycles. The second-order valence-corrected chi connectivity index (χ2v) is 5.77. The summed E-state index contributed by atoms with van der Waals surface area (Å²) in [5.41, 5.74) is 6.44. The molecule has 0 fully saturated rings. The average Bonchev–Trinajstić information content (AvgIpc) is 2.68. The minimum absolute atomic E-state index is 0.385. The van der Waals surface area contributed by atoms with E-state index in [4.69, 9.17) is 34.2 Å². The third-order valence-electron chi connectivity index (χ3n) is 3.76. The van der Waals surface area contributed by atoms with Crippen LogP contribution in [0.2, 0.25) is 0 Å². The van der Waals surface area contributed by atoms with Gasteiger partial charge in [-0.1, -0.05) is 12.1 Å². The van der Waals surface area contributed by atoms with Crippen molar-refractivity contribution in [1.82, 2.24) is 0 Å². The summed E-state index contributed by atoms with van der Waals surface area (Å²) in [5, 5.41) is 0. The first-order chi connectivity index (χ1) is 13.3. The molecule has 146 valence electrons. The van der Waals surface area contributed by atoms with Crippen LogP contribution < -0.4 is 24.7 Å². The highest BCUT2D eigenvalue weighted by atomic mass is 16.6. The fraction of sp³-hybridized carbons (Fsp3) is 0.400. The Balaban J connectivity index is 1.58. The number of fused-ring (bicyclic) bond motifs is 2. The standard InChI is InChI=1S/C20H25NO6/c21-16-5-6-19-20(15-16)27-14-10-23-8-12-25-18-4-2-1-3-17(18)24-11-7-22-9-13-26-19/h1-6,15H,7-14,21H2. The Kier molecular flexibility index (Phi) is 7.44. The Hall–Kier alpha value is -2.64. The lowest BCUT2D eigenvalue weighted by atomic mass is 10.3. The average molecular weight is 375 g/mol. The third kappa shape index (κ3) is 6.23. The van der Waals surface area contributed by atoms with Gasteiger partial charge in [0.2, 0.25) is 0 Å². The highest BCUT2D eigenvalue weighted by Crippen LogP contribution is 2.29. The largest absolute Gasteiger partial charge is 0.487 e. The van der Waals surface area contributed by atoms with Gasteiger partial charge >= 0.3 is 0 Å². The summed E-state index contributed by atoms with van der Waals surface area (Å²) in [6.45, 7) is 3.39. The first kappa shape index (κ1) is 19.1. The number of nitrogens with two attached hydrogens (primary N) is 1. The van der Waals surface area contributed by atoms with Crippen LogP contribution in [0, 0.1) is 0 Å². The zero-order valence-corrected chi connectivity index (χ0v) is 15.2. The first-order valence-corrected chi connectivity index (χ1v) is 8.98. The zero-order chi connectivity index (χ0) is 18.7. The van der Waals surface area contributed by atoms with E-state index in [0.717, 1.165) is 0 Å². The van der Waals surface area contributed by atoms with Gasteiger partial charge in [-0.3, -0.25) is 0 Å². The van der Waals surface area contributed by atoms with Gasteiger partial charge in [-0.2, -0.15) is 0 Å². The minimum Gasteiger partial charge on any atom is -0.487 e. The van der Waals surface area contributed by atoms with E-state index in [2.05, 4.69) is 0 Å². The van der Waals surface area contributed by atoms with E-state index >= 15 is 0 Å². The number of hydrogen-bond acceptors (Lipinski definition) is 7. The van der Waals surface area contributed by atoms with Crippen LogP contribution in [0.1, 0.15) is 0 Å². The van der Waals surface area contributed by atoms with Gasteiger partial charge in [0.15, 0.2) is 23.0 Å². The van der Waals surface area contributed by atoms with Crippen LogP contribution >= 0.6 is 0 Å². The molecule has 0 unspecified atom stereocenters. The van der Waals surface area contributed by atoms with Gasteiger partial charge in [0, 0.05) is 11.8 Å². The summed E-state index contributed by atoms with van der Waals surface area (Å²) in [4.78, 5) is 0. The van der Waals surface area contributed by atoms with Crippen LogP contribution in [0.4, 0.5) is 5.69 Å². The summed E-state index contributed by atoms with van der Waals surface area (Å²) in [7, 11) is 0. The number of ether oxygens (including phenoxy) is 6. The molecule has 2 aromatic rings. The van der Waals surface area contributed by atoms with Crippen LogP contribution in [-0.4, -0.2) is 52.9 Å². The number of para-hydroxylation sites is 2.